The molecular weight excluding hydrogens is 314 g/mol. The van der Waals surface area contributed by atoms with Gasteiger partial charge in [0.15, 0.2) is 0 Å². The Balaban J connectivity index is 1.47. The Morgan fingerprint density at radius 2 is 1.96 bits per heavy atom. The van der Waals surface area contributed by atoms with Crippen molar-refractivity contribution in [3.63, 3.8) is 0 Å². The standard InChI is InChI=1S/C15H21N5O4/c1-23-12-13(17-7-6-16-12)24-11-4-2-10(3-5-11)19-15(22)20-9-8-18-14(20)21/h6-7,10-11H,2-5,8-9H2,1H3,(H,18,21)(H,19,22). The topological polar surface area (TPSA) is 106 Å². The van der Waals surface area contributed by atoms with E-state index in [4.69, 9.17) is 9.47 Å². The number of methoxy groups -OCH3 is 1. The van der Waals surface area contributed by atoms with Crippen LogP contribution in [0.4, 0.5) is 9.59 Å². The van der Waals surface area contributed by atoms with Crippen molar-refractivity contribution in [3.05, 3.63) is 12.4 Å². The molecule has 3 rings (SSSR count). The van der Waals surface area contributed by atoms with E-state index in [-0.39, 0.29) is 24.2 Å². The van der Waals surface area contributed by atoms with Gasteiger partial charge >= 0.3 is 12.1 Å². The highest BCUT2D eigenvalue weighted by Crippen LogP contribution is 2.27. The molecule has 0 unspecified atom stereocenters. The summed E-state index contributed by atoms with van der Waals surface area (Å²) in [4.78, 5) is 33.0. The fourth-order valence-corrected chi connectivity index (χ4v) is 2.93. The normalized spacial score (nSPS) is 23.5. The number of aromatic nitrogens is 2. The molecule has 0 bridgehead atoms. The molecule has 1 aliphatic heterocycles. The van der Waals surface area contributed by atoms with Gasteiger partial charge in [0.25, 0.3) is 11.8 Å². The molecule has 0 spiro atoms. The quantitative estimate of drug-likeness (QED) is 0.847. The third kappa shape index (κ3) is 3.66. The number of rotatable bonds is 4. The number of nitrogens with zero attached hydrogens (tertiary/aromatic N) is 3. The van der Waals surface area contributed by atoms with Gasteiger partial charge in [-0.3, -0.25) is 0 Å². The fourth-order valence-electron chi connectivity index (χ4n) is 2.93. The summed E-state index contributed by atoms with van der Waals surface area (Å²) in [5.74, 6) is 0.759. The molecule has 9 nitrogen and oxygen atoms in total. The maximum absolute atomic E-state index is 12.1. The molecule has 0 aromatic carbocycles. The van der Waals surface area contributed by atoms with Crippen LogP contribution in [0.2, 0.25) is 0 Å². The first-order valence-electron chi connectivity index (χ1n) is 8.05. The van der Waals surface area contributed by atoms with E-state index in [9.17, 15) is 9.59 Å². The van der Waals surface area contributed by atoms with Crippen molar-refractivity contribution in [2.45, 2.75) is 37.8 Å². The molecule has 1 saturated carbocycles. The van der Waals surface area contributed by atoms with Gasteiger partial charge in [0.2, 0.25) is 0 Å². The Labute approximate surface area is 139 Å². The van der Waals surface area contributed by atoms with Crippen LogP contribution in [0, 0.1) is 0 Å². The third-order valence-corrected chi connectivity index (χ3v) is 4.21. The van der Waals surface area contributed by atoms with Crippen molar-refractivity contribution in [3.8, 4) is 11.8 Å². The number of nitrogens with one attached hydrogen (secondary N) is 2. The number of carbonyl (C=O) groups is 2. The summed E-state index contributed by atoms with van der Waals surface area (Å²) in [6, 6.07) is -0.612. The van der Waals surface area contributed by atoms with Crippen molar-refractivity contribution in [1.82, 2.24) is 25.5 Å². The van der Waals surface area contributed by atoms with Gasteiger partial charge in [0, 0.05) is 31.5 Å². The first-order chi connectivity index (χ1) is 11.7. The molecule has 1 aromatic rings. The van der Waals surface area contributed by atoms with Crippen molar-refractivity contribution in [2.75, 3.05) is 20.2 Å². The van der Waals surface area contributed by atoms with E-state index in [0.717, 1.165) is 25.7 Å². The molecule has 9 heteroatoms. The molecule has 1 aromatic heterocycles. The number of hydrogen-bond donors (Lipinski definition) is 2. The molecule has 24 heavy (non-hydrogen) atoms. The van der Waals surface area contributed by atoms with E-state index < -0.39 is 0 Å². The number of imide groups is 1. The van der Waals surface area contributed by atoms with Crippen LogP contribution in [0.15, 0.2) is 12.4 Å². The molecule has 4 amide bonds. The molecule has 2 heterocycles. The lowest BCUT2D eigenvalue weighted by atomic mass is 9.93. The largest absolute Gasteiger partial charge is 0.477 e. The summed E-state index contributed by atoms with van der Waals surface area (Å²) in [6.07, 6.45) is 6.27. The van der Waals surface area contributed by atoms with Crippen LogP contribution in [0.25, 0.3) is 0 Å². The summed E-state index contributed by atoms with van der Waals surface area (Å²) >= 11 is 0. The average molecular weight is 335 g/mol. The minimum absolute atomic E-state index is 0.0128. The lowest BCUT2D eigenvalue weighted by molar-refractivity contribution is 0.127. The zero-order valence-electron chi connectivity index (χ0n) is 13.5. The Morgan fingerprint density at radius 3 is 2.58 bits per heavy atom. The average Bonchev–Trinajstić information content (AvgIpc) is 3.03. The van der Waals surface area contributed by atoms with E-state index in [1.54, 1.807) is 12.4 Å². The highest BCUT2D eigenvalue weighted by Gasteiger charge is 2.30. The number of hydrogen-bond acceptors (Lipinski definition) is 6. The third-order valence-electron chi connectivity index (χ3n) is 4.21. The summed E-state index contributed by atoms with van der Waals surface area (Å²) in [5, 5.41) is 5.53. The molecule has 2 N–H and O–H groups in total. The van der Waals surface area contributed by atoms with Crippen molar-refractivity contribution in [2.24, 2.45) is 0 Å². The molecular formula is C15H21N5O4. The molecule has 2 fully saturated rings. The van der Waals surface area contributed by atoms with Crippen LogP contribution in [0.1, 0.15) is 25.7 Å². The van der Waals surface area contributed by atoms with Crippen molar-refractivity contribution >= 4 is 12.1 Å². The molecule has 2 aliphatic rings. The second-order valence-electron chi connectivity index (χ2n) is 5.80. The molecule has 0 atom stereocenters. The maximum Gasteiger partial charge on any atom is 0.325 e. The number of urea groups is 2. The van der Waals surface area contributed by atoms with Crippen LogP contribution in [-0.2, 0) is 0 Å². The second-order valence-corrected chi connectivity index (χ2v) is 5.80. The van der Waals surface area contributed by atoms with Gasteiger partial charge in [-0.2, -0.15) is 0 Å². The predicted molar refractivity (Wildman–Crippen MR) is 83.9 cm³/mol. The second kappa shape index (κ2) is 7.33. The van der Waals surface area contributed by atoms with E-state index in [1.807, 2.05) is 0 Å². The Bertz CT molecular complexity index is 603. The first kappa shape index (κ1) is 16.3. The van der Waals surface area contributed by atoms with E-state index in [0.29, 0.717) is 24.8 Å². The zero-order chi connectivity index (χ0) is 16.9. The van der Waals surface area contributed by atoms with Gasteiger partial charge in [0.1, 0.15) is 6.10 Å². The number of ether oxygens (including phenoxy) is 2. The molecule has 130 valence electrons. The van der Waals surface area contributed by atoms with Gasteiger partial charge in [-0.25, -0.2) is 24.5 Å². The summed E-state index contributed by atoms with van der Waals surface area (Å²) in [6.45, 7) is 0.919. The fraction of sp³-hybridized carbons (Fsp3) is 0.600. The van der Waals surface area contributed by atoms with Gasteiger partial charge in [0.05, 0.1) is 7.11 Å². The highest BCUT2D eigenvalue weighted by molar-refractivity contribution is 5.95. The lowest BCUT2D eigenvalue weighted by Crippen LogP contribution is -2.47. The Morgan fingerprint density at radius 1 is 1.25 bits per heavy atom. The molecule has 1 saturated heterocycles. The maximum atomic E-state index is 12.1. The summed E-state index contributed by atoms with van der Waals surface area (Å²) in [5.41, 5.74) is 0. The smallest absolute Gasteiger partial charge is 0.325 e. The minimum Gasteiger partial charge on any atom is -0.477 e. The predicted octanol–water partition coefficient (Wildman–Crippen LogP) is 0.910. The van der Waals surface area contributed by atoms with Crippen molar-refractivity contribution < 1.29 is 19.1 Å². The van der Waals surface area contributed by atoms with E-state index in [2.05, 4.69) is 20.6 Å². The van der Waals surface area contributed by atoms with Crippen LogP contribution in [0.3, 0.4) is 0 Å². The molecule has 1 aliphatic carbocycles. The van der Waals surface area contributed by atoms with Crippen LogP contribution < -0.4 is 20.1 Å². The van der Waals surface area contributed by atoms with Crippen molar-refractivity contribution in [1.29, 1.82) is 0 Å². The van der Waals surface area contributed by atoms with Gasteiger partial charge in [-0.05, 0) is 25.7 Å². The van der Waals surface area contributed by atoms with Gasteiger partial charge in [-0.1, -0.05) is 0 Å². The summed E-state index contributed by atoms with van der Waals surface area (Å²) in [7, 11) is 1.53. The summed E-state index contributed by atoms with van der Waals surface area (Å²) < 4.78 is 11.0. The molecule has 0 radical (unpaired) electrons. The lowest BCUT2D eigenvalue weighted by Gasteiger charge is -2.30. The highest BCUT2D eigenvalue weighted by atomic mass is 16.5. The first-order valence-corrected chi connectivity index (χ1v) is 8.05. The van der Waals surface area contributed by atoms with Crippen LogP contribution >= 0.6 is 0 Å². The van der Waals surface area contributed by atoms with Gasteiger partial charge in [-0.15, -0.1) is 0 Å². The number of amides is 4. The number of carbonyl (C=O) groups excluding carboxylic acids is 2. The zero-order valence-corrected chi connectivity index (χ0v) is 13.5. The SMILES string of the molecule is COc1nccnc1OC1CCC(NC(=O)N2CCNC2=O)CC1. The van der Waals surface area contributed by atoms with Crippen LogP contribution in [-0.4, -0.2) is 59.3 Å². The van der Waals surface area contributed by atoms with Gasteiger partial charge < -0.3 is 20.1 Å². The van der Waals surface area contributed by atoms with E-state index >= 15 is 0 Å². The van der Waals surface area contributed by atoms with E-state index in [1.165, 1.54) is 12.0 Å². The van der Waals surface area contributed by atoms with Crippen LogP contribution in [0.5, 0.6) is 11.8 Å². The monoisotopic (exact) mass is 335 g/mol. The minimum atomic E-state index is -0.334. The Kier molecular flexibility index (Phi) is 4.97. The Hall–Kier alpha value is -2.58.